The van der Waals surface area contributed by atoms with Gasteiger partial charge in [0.05, 0.1) is 18.2 Å². The van der Waals surface area contributed by atoms with E-state index >= 15 is 0 Å². The highest BCUT2D eigenvalue weighted by Crippen LogP contribution is 2.28. The number of hydrogen-bond donors (Lipinski definition) is 1. The fourth-order valence-corrected chi connectivity index (χ4v) is 1.60. The average molecular weight is 247 g/mol. The minimum atomic E-state index is -0.217. The van der Waals surface area contributed by atoms with Crippen LogP contribution in [-0.4, -0.2) is 16.7 Å². The summed E-state index contributed by atoms with van der Waals surface area (Å²) in [6.45, 7) is 4.50. The summed E-state index contributed by atoms with van der Waals surface area (Å²) in [4.78, 5) is 4.31. The lowest BCUT2D eigenvalue weighted by molar-refractivity contribution is 0.340. The van der Waals surface area contributed by atoms with Gasteiger partial charge in [-0.2, -0.15) is 4.98 Å². The first kappa shape index (κ1) is 12.6. The first-order valence-corrected chi connectivity index (χ1v) is 6.07. The molecule has 5 heteroatoms. The summed E-state index contributed by atoms with van der Waals surface area (Å²) in [5, 5.41) is 3.95. The predicted molar refractivity (Wildman–Crippen MR) is 68.1 cm³/mol. The van der Waals surface area contributed by atoms with Crippen LogP contribution in [0.3, 0.4) is 0 Å². The van der Waals surface area contributed by atoms with E-state index in [1.807, 2.05) is 38.1 Å². The lowest BCUT2D eigenvalue weighted by Crippen LogP contribution is -2.08. The Kier molecular flexibility index (Phi) is 3.94. The fraction of sp³-hybridized carbons (Fsp3) is 0.385. The van der Waals surface area contributed by atoms with Crippen molar-refractivity contribution in [2.75, 3.05) is 6.61 Å². The molecule has 0 aliphatic rings. The van der Waals surface area contributed by atoms with Gasteiger partial charge >= 0.3 is 0 Å². The van der Waals surface area contributed by atoms with E-state index in [1.165, 1.54) is 0 Å². The molecule has 1 aromatic carbocycles. The van der Waals surface area contributed by atoms with Crippen LogP contribution >= 0.6 is 0 Å². The molecule has 2 aromatic rings. The topological polar surface area (TPSA) is 74.2 Å². The maximum absolute atomic E-state index is 5.85. The van der Waals surface area contributed by atoms with Gasteiger partial charge in [-0.25, -0.2) is 0 Å². The number of rotatable bonds is 5. The van der Waals surface area contributed by atoms with Gasteiger partial charge in [0.25, 0.3) is 0 Å². The molecule has 0 spiro atoms. The zero-order valence-corrected chi connectivity index (χ0v) is 10.6. The number of aromatic nitrogens is 2. The van der Waals surface area contributed by atoms with Crippen LogP contribution < -0.4 is 10.5 Å². The normalized spacial score (nSPS) is 12.4. The van der Waals surface area contributed by atoms with E-state index in [2.05, 4.69) is 10.1 Å². The van der Waals surface area contributed by atoms with E-state index in [9.17, 15) is 0 Å². The van der Waals surface area contributed by atoms with E-state index in [0.29, 0.717) is 18.3 Å². The highest BCUT2D eigenvalue weighted by atomic mass is 16.5. The minimum absolute atomic E-state index is 0.217. The zero-order chi connectivity index (χ0) is 13.0. The third-order valence-electron chi connectivity index (χ3n) is 2.63. The molecule has 5 nitrogen and oxygen atoms in total. The number of benzene rings is 1. The number of nitrogens with zero attached hydrogens (tertiary/aromatic N) is 2. The Bertz CT molecular complexity index is 510. The van der Waals surface area contributed by atoms with Gasteiger partial charge in [0.1, 0.15) is 5.75 Å². The monoisotopic (exact) mass is 247 g/mol. The molecule has 1 atom stereocenters. The van der Waals surface area contributed by atoms with Crippen molar-refractivity contribution in [3.63, 3.8) is 0 Å². The van der Waals surface area contributed by atoms with E-state index < -0.39 is 0 Å². The first-order valence-electron chi connectivity index (χ1n) is 6.07. The molecule has 0 aliphatic heterocycles. The molecule has 0 aliphatic carbocycles. The van der Waals surface area contributed by atoms with Gasteiger partial charge in [-0.05, 0) is 25.5 Å². The summed E-state index contributed by atoms with van der Waals surface area (Å²) in [5.74, 6) is 1.72. The van der Waals surface area contributed by atoms with Crippen molar-refractivity contribution in [2.45, 2.75) is 26.3 Å². The Hall–Kier alpha value is -1.88. The van der Waals surface area contributed by atoms with Crippen LogP contribution in [-0.2, 0) is 0 Å². The van der Waals surface area contributed by atoms with Crippen LogP contribution in [0.5, 0.6) is 5.75 Å². The van der Waals surface area contributed by atoms with Crippen LogP contribution in [0.1, 0.15) is 32.2 Å². The van der Waals surface area contributed by atoms with Gasteiger partial charge in [0.15, 0.2) is 0 Å². The van der Waals surface area contributed by atoms with Gasteiger partial charge < -0.3 is 15.0 Å². The molecular formula is C13H17N3O2. The van der Waals surface area contributed by atoms with E-state index in [-0.39, 0.29) is 6.04 Å². The largest absolute Gasteiger partial charge is 0.493 e. The number of hydrogen-bond acceptors (Lipinski definition) is 5. The molecule has 18 heavy (non-hydrogen) atoms. The van der Waals surface area contributed by atoms with Gasteiger partial charge in [0.2, 0.25) is 11.7 Å². The quantitative estimate of drug-likeness (QED) is 0.878. The molecule has 1 unspecified atom stereocenters. The van der Waals surface area contributed by atoms with E-state index in [0.717, 1.165) is 17.7 Å². The van der Waals surface area contributed by atoms with Gasteiger partial charge in [-0.1, -0.05) is 24.2 Å². The third kappa shape index (κ3) is 2.51. The van der Waals surface area contributed by atoms with Gasteiger partial charge in [-0.15, -0.1) is 0 Å². The minimum Gasteiger partial charge on any atom is -0.493 e. The number of nitrogens with two attached hydrogens (primary N) is 1. The maximum Gasteiger partial charge on any atom is 0.243 e. The summed E-state index contributed by atoms with van der Waals surface area (Å²) >= 11 is 0. The zero-order valence-electron chi connectivity index (χ0n) is 10.6. The standard InChI is InChI=1S/C13H17N3O2/c1-3-10(14)13-15-12(16-18-13)9-7-5-6-8-11(9)17-4-2/h5-8,10H,3-4,14H2,1-2H3. The molecule has 1 aromatic heterocycles. The molecule has 0 fully saturated rings. The van der Waals surface area contributed by atoms with Crippen molar-refractivity contribution in [1.29, 1.82) is 0 Å². The van der Waals surface area contributed by atoms with Crippen LogP contribution in [0.15, 0.2) is 28.8 Å². The lowest BCUT2D eigenvalue weighted by atomic mass is 10.2. The Morgan fingerprint density at radius 1 is 1.33 bits per heavy atom. The molecule has 1 heterocycles. The molecule has 0 amide bonds. The summed E-state index contributed by atoms with van der Waals surface area (Å²) in [5.41, 5.74) is 6.67. The Morgan fingerprint density at radius 3 is 2.83 bits per heavy atom. The maximum atomic E-state index is 5.85. The molecule has 0 bridgehead atoms. The number of para-hydroxylation sites is 1. The molecule has 0 radical (unpaired) electrons. The highest BCUT2D eigenvalue weighted by molar-refractivity contribution is 5.63. The van der Waals surface area contributed by atoms with Crippen molar-refractivity contribution in [3.05, 3.63) is 30.2 Å². The summed E-state index contributed by atoms with van der Waals surface area (Å²) in [6.07, 6.45) is 0.759. The Balaban J connectivity index is 2.33. The lowest BCUT2D eigenvalue weighted by Gasteiger charge is -2.06. The van der Waals surface area contributed by atoms with Gasteiger partial charge in [-0.3, -0.25) is 0 Å². The van der Waals surface area contributed by atoms with E-state index in [1.54, 1.807) is 0 Å². The van der Waals surface area contributed by atoms with Crippen LogP contribution in [0.2, 0.25) is 0 Å². The second-order valence-electron chi connectivity index (χ2n) is 3.90. The van der Waals surface area contributed by atoms with Crippen molar-refractivity contribution in [2.24, 2.45) is 5.73 Å². The Morgan fingerprint density at radius 2 is 2.11 bits per heavy atom. The predicted octanol–water partition coefficient (Wildman–Crippen LogP) is 2.55. The molecule has 0 saturated heterocycles. The molecule has 2 N–H and O–H groups in total. The molecular weight excluding hydrogens is 230 g/mol. The third-order valence-corrected chi connectivity index (χ3v) is 2.63. The van der Waals surface area contributed by atoms with Crippen LogP contribution in [0, 0.1) is 0 Å². The number of ether oxygens (including phenoxy) is 1. The van der Waals surface area contributed by atoms with Crippen molar-refractivity contribution in [1.82, 2.24) is 10.1 Å². The van der Waals surface area contributed by atoms with Crippen LogP contribution in [0.25, 0.3) is 11.4 Å². The Labute approximate surface area is 106 Å². The SMILES string of the molecule is CCOc1ccccc1-c1noc(C(N)CC)n1. The summed E-state index contributed by atoms with van der Waals surface area (Å²) < 4.78 is 10.7. The van der Waals surface area contributed by atoms with Gasteiger partial charge in [0, 0.05) is 0 Å². The molecule has 2 rings (SSSR count). The summed E-state index contributed by atoms with van der Waals surface area (Å²) in [7, 11) is 0. The first-order chi connectivity index (χ1) is 8.76. The van der Waals surface area contributed by atoms with Crippen LogP contribution in [0.4, 0.5) is 0 Å². The smallest absolute Gasteiger partial charge is 0.243 e. The van der Waals surface area contributed by atoms with Crippen molar-refractivity contribution in [3.8, 4) is 17.1 Å². The molecule has 0 saturated carbocycles. The second kappa shape index (κ2) is 5.64. The highest BCUT2D eigenvalue weighted by Gasteiger charge is 2.16. The van der Waals surface area contributed by atoms with Crippen molar-refractivity contribution < 1.29 is 9.26 Å². The van der Waals surface area contributed by atoms with E-state index in [4.69, 9.17) is 15.0 Å². The second-order valence-corrected chi connectivity index (χ2v) is 3.90. The fourth-order valence-electron chi connectivity index (χ4n) is 1.60. The summed E-state index contributed by atoms with van der Waals surface area (Å²) in [6, 6.07) is 7.39. The molecule has 96 valence electrons. The van der Waals surface area contributed by atoms with Crippen molar-refractivity contribution >= 4 is 0 Å². The average Bonchev–Trinajstić information content (AvgIpc) is 2.88.